The number of hydrogen-bond acceptors (Lipinski definition) is 2. The van der Waals surface area contributed by atoms with Crippen molar-refractivity contribution in [3.05, 3.63) is 57.0 Å². The Morgan fingerprint density at radius 1 is 0.944 bits per heavy atom. The molecule has 0 bridgehead atoms. The van der Waals surface area contributed by atoms with Gasteiger partial charge in [0, 0.05) is 8.95 Å². The molecule has 1 aromatic heterocycles. The molecule has 0 radical (unpaired) electrons. The Morgan fingerprint density at radius 3 is 2.44 bits per heavy atom. The number of aromatic nitrogens is 3. The molecule has 0 saturated carbocycles. The van der Waals surface area contributed by atoms with Crippen molar-refractivity contribution in [1.29, 1.82) is 0 Å². The Hall–Kier alpha value is -1.20. The summed E-state index contributed by atoms with van der Waals surface area (Å²) in [5.74, 6) is 0. The van der Waals surface area contributed by atoms with Gasteiger partial charge in [0.15, 0.2) is 0 Å². The van der Waals surface area contributed by atoms with E-state index in [-0.39, 0.29) is 0 Å². The van der Waals surface area contributed by atoms with Crippen molar-refractivity contribution in [2.45, 2.75) is 6.54 Å². The molecule has 0 unspecified atom stereocenters. The highest BCUT2D eigenvalue weighted by atomic mass is 79.9. The molecule has 1 heterocycles. The smallest absolute Gasteiger partial charge is 0.128 e. The van der Waals surface area contributed by atoms with Crippen LogP contribution in [0.15, 0.2) is 51.4 Å². The van der Waals surface area contributed by atoms with Crippen LogP contribution in [0, 0.1) is 0 Å². The maximum absolute atomic E-state index is 4.22. The topological polar surface area (TPSA) is 30.7 Å². The first kappa shape index (κ1) is 11.9. The number of rotatable bonds is 2. The summed E-state index contributed by atoms with van der Waals surface area (Å²) >= 11 is 7.05. The minimum atomic E-state index is 0.715. The van der Waals surface area contributed by atoms with Gasteiger partial charge in [-0.15, -0.1) is 5.10 Å². The normalized spacial score (nSPS) is 11.0. The van der Waals surface area contributed by atoms with Gasteiger partial charge in [-0.1, -0.05) is 35.5 Å². The monoisotopic (exact) mass is 365 g/mol. The van der Waals surface area contributed by atoms with Crippen LogP contribution in [0.1, 0.15) is 5.56 Å². The van der Waals surface area contributed by atoms with Crippen molar-refractivity contribution in [2.24, 2.45) is 0 Å². The molecule has 0 aliphatic heterocycles. The van der Waals surface area contributed by atoms with E-state index in [1.54, 1.807) is 0 Å². The third-order valence-electron chi connectivity index (χ3n) is 2.74. The molecule has 2 aromatic carbocycles. The SMILES string of the molecule is Brc1ccc(Br)c2c1nnn2Cc1ccccc1. The Kier molecular flexibility index (Phi) is 3.18. The maximum atomic E-state index is 4.22. The van der Waals surface area contributed by atoms with Gasteiger partial charge in [-0.2, -0.15) is 0 Å². The maximum Gasteiger partial charge on any atom is 0.128 e. The zero-order valence-electron chi connectivity index (χ0n) is 9.35. The van der Waals surface area contributed by atoms with E-state index in [0.29, 0.717) is 6.54 Å². The molecule has 0 saturated heterocycles. The highest BCUT2D eigenvalue weighted by molar-refractivity contribution is 9.11. The number of halogens is 2. The van der Waals surface area contributed by atoms with Crippen molar-refractivity contribution < 1.29 is 0 Å². The highest BCUT2D eigenvalue weighted by Gasteiger charge is 2.11. The van der Waals surface area contributed by atoms with Gasteiger partial charge in [-0.05, 0) is 49.6 Å². The van der Waals surface area contributed by atoms with Crippen LogP contribution in [0.2, 0.25) is 0 Å². The molecule has 0 spiro atoms. The lowest BCUT2D eigenvalue weighted by atomic mass is 10.2. The Bertz CT molecular complexity index is 692. The largest absolute Gasteiger partial charge is 0.239 e. The van der Waals surface area contributed by atoms with E-state index >= 15 is 0 Å². The summed E-state index contributed by atoms with van der Waals surface area (Å²) < 4.78 is 3.86. The molecule has 3 rings (SSSR count). The van der Waals surface area contributed by atoms with Crippen molar-refractivity contribution in [3.63, 3.8) is 0 Å². The fourth-order valence-electron chi connectivity index (χ4n) is 1.88. The zero-order valence-corrected chi connectivity index (χ0v) is 12.5. The second-order valence-corrected chi connectivity index (χ2v) is 5.67. The lowest BCUT2D eigenvalue weighted by Gasteiger charge is -2.04. The van der Waals surface area contributed by atoms with Gasteiger partial charge >= 0.3 is 0 Å². The van der Waals surface area contributed by atoms with Gasteiger partial charge in [0.25, 0.3) is 0 Å². The van der Waals surface area contributed by atoms with E-state index in [4.69, 9.17) is 0 Å². The van der Waals surface area contributed by atoms with Gasteiger partial charge < -0.3 is 0 Å². The van der Waals surface area contributed by atoms with Gasteiger partial charge in [0.2, 0.25) is 0 Å². The van der Waals surface area contributed by atoms with E-state index in [1.807, 2.05) is 35.0 Å². The first-order valence-corrected chi connectivity index (χ1v) is 7.05. The zero-order chi connectivity index (χ0) is 12.5. The highest BCUT2D eigenvalue weighted by Crippen LogP contribution is 2.28. The first-order valence-electron chi connectivity index (χ1n) is 5.47. The average Bonchev–Trinajstić information content (AvgIpc) is 2.80. The molecule has 0 aliphatic rings. The fraction of sp³-hybridized carbons (Fsp3) is 0.0769. The number of nitrogens with zero attached hydrogens (tertiary/aromatic N) is 3. The number of benzene rings is 2. The standard InChI is InChI=1S/C13H9Br2N3/c14-10-6-7-11(15)13-12(10)16-17-18(13)8-9-4-2-1-3-5-9/h1-7H,8H2. The van der Waals surface area contributed by atoms with Gasteiger partial charge in [0.1, 0.15) is 11.0 Å². The van der Waals surface area contributed by atoms with Crippen LogP contribution >= 0.6 is 31.9 Å². The van der Waals surface area contributed by atoms with Crippen LogP contribution in [0.3, 0.4) is 0 Å². The number of hydrogen-bond donors (Lipinski definition) is 0. The minimum absolute atomic E-state index is 0.715. The molecule has 18 heavy (non-hydrogen) atoms. The van der Waals surface area contributed by atoms with Crippen LogP contribution in [0.4, 0.5) is 0 Å². The summed E-state index contributed by atoms with van der Waals surface area (Å²) in [5.41, 5.74) is 3.09. The second kappa shape index (κ2) is 4.82. The third kappa shape index (κ3) is 2.08. The summed E-state index contributed by atoms with van der Waals surface area (Å²) in [6.07, 6.45) is 0. The molecular weight excluding hydrogens is 358 g/mol. The molecule has 0 aliphatic carbocycles. The molecule has 0 N–H and O–H groups in total. The summed E-state index contributed by atoms with van der Waals surface area (Å²) in [5, 5.41) is 8.43. The van der Waals surface area contributed by atoms with E-state index in [1.165, 1.54) is 5.56 Å². The van der Waals surface area contributed by atoms with Crippen LogP contribution in [0.25, 0.3) is 11.0 Å². The fourth-order valence-corrected chi connectivity index (χ4v) is 2.81. The molecule has 3 aromatic rings. The van der Waals surface area contributed by atoms with E-state index in [9.17, 15) is 0 Å². The van der Waals surface area contributed by atoms with Gasteiger partial charge in [-0.25, -0.2) is 4.68 Å². The molecule has 0 amide bonds. The molecule has 0 fully saturated rings. The van der Waals surface area contributed by atoms with Crippen molar-refractivity contribution in [2.75, 3.05) is 0 Å². The summed E-state index contributed by atoms with van der Waals surface area (Å²) in [7, 11) is 0. The Morgan fingerprint density at radius 2 is 1.67 bits per heavy atom. The molecule has 0 atom stereocenters. The van der Waals surface area contributed by atoms with E-state index in [0.717, 1.165) is 20.0 Å². The van der Waals surface area contributed by atoms with Crippen LogP contribution in [0.5, 0.6) is 0 Å². The summed E-state index contributed by atoms with van der Waals surface area (Å²) in [6.45, 7) is 0.715. The summed E-state index contributed by atoms with van der Waals surface area (Å²) in [6, 6.07) is 14.2. The molecule has 90 valence electrons. The molecule has 5 heteroatoms. The summed E-state index contributed by atoms with van der Waals surface area (Å²) in [4.78, 5) is 0. The lowest BCUT2D eigenvalue weighted by molar-refractivity contribution is 0.669. The number of fused-ring (bicyclic) bond motifs is 1. The minimum Gasteiger partial charge on any atom is -0.239 e. The predicted octanol–water partition coefficient (Wildman–Crippen LogP) is 4.00. The first-order chi connectivity index (χ1) is 8.75. The van der Waals surface area contributed by atoms with Crippen LogP contribution in [-0.4, -0.2) is 15.0 Å². The van der Waals surface area contributed by atoms with Crippen LogP contribution < -0.4 is 0 Å². The van der Waals surface area contributed by atoms with E-state index < -0.39 is 0 Å². The Balaban J connectivity index is 2.11. The van der Waals surface area contributed by atoms with Gasteiger partial charge in [0.05, 0.1) is 6.54 Å². The average molecular weight is 367 g/mol. The Labute approximate surface area is 121 Å². The quantitative estimate of drug-likeness (QED) is 0.686. The predicted molar refractivity (Wildman–Crippen MR) is 78.5 cm³/mol. The molecule has 3 nitrogen and oxygen atoms in total. The van der Waals surface area contributed by atoms with Crippen molar-refractivity contribution in [3.8, 4) is 0 Å². The molecular formula is C13H9Br2N3. The van der Waals surface area contributed by atoms with Crippen LogP contribution in [-0.2, 0) is 6.54 Å². The third-order valence-corrected chi connectivity index (χ3v) is 4.02. The van der Waals surface area contributed by atoms with Crippen molar-refractivity contribution in [1.82, 2.24) is 15.0 Å². The van der Waals surface area contributed by atoms with E-state index in [2.05, 4.69) is 54.3 Å². The van der Waals surface area contributed by atoms with Crippen molar-refractivity contribution >= 4 is 42.9 Å². The second-order valence-electron chi connectivity index (χ2n) is 3.96. The lowest BCUT2D eigenvalue weighted by Crippen LogP contribution is -2.01. The van der Waals surface area contributed by atoms with Gasteiger partial charge in [-0.3, -0.25) is 0 Å².